The molecule has 32 heavy (non-hydrogen) atoms. The number of halogens is 2. The van der Waals surface area contributed by atoms with E-state index < -0.39 is 11.9 Å². The number of ether oxygens (including phenoxy) is 2. The van der Waals surface area contributed by atoms with E-state index in [0.717, 1.165) is 16.7 Å². The van der Waals surface area contributed by atoms with Crippen molar-refractivity contribution >= 4 is 35.1 Å². The minimum absolute atomic E-state index is 0.126. The van der Waals surface area contributed by atoms with Crippen molar-refractivity contribution in [3.63, 3.8) is 0 Å². The fraction of sp³-hybridized carbons (Fsp3) is 0.417. The average molecular weight is 480 g/mol. The summed E-state index contributed by atoms with van der Waals surface area (Å²) >= 11 is 12.8. The van der Waals surface area contributed by atoms with E-state index in [0.29, 0.717) is 38.5 Å². The lowest BCUT2D eigenvalue weighted by molar-refractivity contribution is -0.141. The molecule has 1 heterocycles. The molecule has 0 aliphatic carbocycles. The Morgan fingerprint density at radius 3 is 2.47 bits per heavy atom. The lowest BCUT2D eigenvalue weighted by Crippen LogP contribution is -2.37. The molecule has 0 aromatic heterocycles. The lowest BCUT2D eigenvalue weighted by atomic mass is 9.82. The summed E-state index contributed by atoms with van der Waals surface area (Å²) in [5, 5.41) is 9.87. The van der Waals surface area contributed by atoms with Gasteiger partial charge in [-0.2, -0.15) is 0 Å². The molecule has 2 unspecified atom stereocenters. The highest BCUT2D eigenvalue weighted by atomic mass is 35.5. The van der Waals surface area contributed by atoms with Crippen LogP contribution < -0.4 is 4.74 Å². The fourth-order valence-corrected chi connectivity index (χ4v) is 4.59. The van der Waals surface area contributed by atoms with Gasteiger partial charge in [0.1, 0.15) is 12.4 Å². The quantitative estimate of drug-likeness (QED) is 0.536. The summed E-state index contributed by atoms with van der Waals surface area (Å²) in [7, 11) is 1.58. The van der Waals surface area contributed by atoms with Crippen molar-refractivity contribution in [1.82, 2.24) is 4.90 Å². The summed E-state index contributed by atoms with van der Waals surface area (Å²) in [6.07, 6.45) is 0.640. The zero-order valence-corrected chi connectivity index (χ0v) is 19.9. The number of aliphatic carboxylic acids is 1. The molecule has 0 fully saturated rings. The summed E-state index contributed by atoms with van der Waals surface area (Å²) < 4.78 is 10.5. The van der Waals surface area contributed by atoms with Gasteiger partial charge in [0.2, 0.25) is 0 Å². The predicted molar refractivity (Wildman–Crippen MR) is 124 cm³/mol. The molecule has 0 saturated carbocycles. The molecular formula is C24H27Cl2NO5. The van der Waals surface area contributed by atoms with Gasteiger partial charge in [0.15, 0.2) is 0 Å². The number of methoxy groups -OCH3 is 1. The standard InChI is InChI=1S/C24H27Cl2NO5/c1-14(15(2)24(29)30)18-6-4-5-16-13-27(8-7-19(16)18)23(28)22-20(25)11-17(12-21(22)26)32-10-9-31-3/h4-6,11-12,14-15H,7-10,13H2,1-3H3,(H,29,30). The zero-order valence-electron chi connectivity index (χ0n) is 18.4. The van der Waals surface area contributed by atoms with E-state index in [1.807, 2.05) is 25.1 Å². The number of carbonyl (C=O) groups is 2. The van der Waals surface area contributed by atoms with Gasteiger partial charge in [-0.3, -0.25) is 9.59 Å². The number of amides is 1. The number of hydrogen-bond donors (Lipinski definition) is 1. The largest absolute Gasteiger partial charge is 0.491 e. The van der Waals surface area contributed by atoms with Crippen LogP contribution in [0.25, 0.3) is 0 Å². The van der Waals surface area contributed by atoms with E-state index in [2.05, 4.69) is 0 Å². The second-order valence-electron chi connectivity index (χ2n) is 7.98. The van der Waals surface area contributed by atoms with Crippen molar-refractivity contribution in [2.75, 3.05) is 26.9 Å². The maximum atomic E-state index is 13.3. The van der Waals surface area contributed by atoms with Crippen molar-refractivity contribution < 1.29 is 24.2 Å². The number of hydrogen-bond acceptors (Lipinski definition) is 4. The van der Waals surface area contributed by atoms with Gasteiger partial charge >= 0.3 is 5.97 Å². The maximum Gasteiger partial charge on any atom is 0.306 e. The molecule has 2 aromatic carbocycles. The monoisotopic (exact) mass is 479 g/mol. The van der Waals surface area contributed by atoms with Crippen LogP contribution in [0.4, 0.5) is 0 Å². The van der Waals surface area contributed by atoms with Crippen molar-refractivity contribution in [3.8, 4) is 5.75 Å². The summed E-state index contributed by atoms with van der Waals surface area (Å²) in [6.45, 7) is 5.33. The summed E-state index contributed by atoms with van der Waals surface area (Å²) in [5.74, 6) is -1.21. The number of benzene rings is 2. The van der Waals surface area contributed by atoms with Crippen LogP contribution in [-0.4, -0.2) is 48.8 Å². The number of rotatable bonds is 8. The van der Waals surface area contributed by atoms with Gasteiger partial charge in [-0.05, 0) is 41.2 Å². The Bertz CT molecular complexity index is 987. The average Bonchev–Trinajstić information content (AvgIpc) is 2.76. The molecule has 172 valence electrons. The molecule has 0 saturated heterocycles. The molecule has 2 atom stereocenters. The van der Waals surface area contributed by atoms with E-state index in [4.69, 9.17) is 32.7 Å². The second kappa shape index (κ2) is 10.6. The first-order valence-corrected chi connectivity index (χ1v) is 11.2. The van der Waals surface area contributed by atoms with Gasteiger partial charge in [-0.1, -0.05) is 55.2 Å². The Balaban J connectivity index is 1.81. The molecule has 3 rings (SSSR count). The molecule has 1 aliphatic rings. The zero-order chi connectivity index (χ0) is 23.4. The van der Waals surface area contributed by atoms with Gasteiger partial charge in [0, 0.05) is 20.2 Å². The van der Waals surface area contributed by atoms with Crippen molar-refractivity contribution in [3.05, 3.63) is 62.6 Å². The number of fused-ring (bicyclic) bond motifs is 1. The Labute approximate surface area is 198 Å². The molecule has 8 heteroatoms. The van der Waals surface area contributed by atoms with Gasteiger partial charge < -0.3 is 19.5 Å². The van der Waals surface area contributed by atoms with Crippen LogP contribution in [0.5, 0.6) is 5.75 Å². The van der Waals surface area contributed by atoms with Crippen LogP contribution in [0, 0.1) is 5.92 Å². The minimum Gasteiger partial charge on any atom is -0.491 e. The highest BCUT2D eigenvalue weighted by Crippen LogP contribution is 2.35. The number of carbonyl (C=O) groups excluding carboxylic acids is 1. The molecular weight excluding hydrogens is 453 g/mol. The topological polar surface area (TPSA) is 76.1 Å². The normalized spacial score (nSPS) is 15.1. The number of nitrogens with zero attached hydrogens (tertiary/aromatic N) is 1. The molecule has 1 aliphatic heterocycles. The SMILES string of the molecule is COCCOc1cc(Cl)c(C(=O)N2CCc3c(cccc3C(C)C(C)C(=O)O)C2)c(Cl)c1. The molecule has 0 bridgehead atoms. The third-order valence-corrected chi connectivity index (χ3v) is 6.60. The van der Waals surface area contributed by atoms with E-state index in [-0.39, 0.29) is 27.4 Å². The van der Waals surface area contributed by atoms with Crippen LogP contribution in [0.15, 0.2) is 30.3 Å². The number of carboxylic acids is 1. The van der Waals surface area contributed by atoms with E-state index >= 15 is 0 Å². The molecule has 1 amide bonds. The third-order valence-electron chi connectivity index (χ3n) is 6.01. The van der Waals surface area contributed by atoms with Gasteiger partial charge in [-0.25, -0.2) is 0 Å². The van der Waals surface area contributed by atoms with Crippen molar-refractivity contribution in [2.45, 2.75) is 32.7 Å². The Kier molecular flexibility index (Phi) is 8.04. The summed E-state index contributed by atoms with van der Waals surface area (Å²) in [5.41, 5.74) is 3.41. The highest BCUT2D eigenvalue weighted by molar-refractivity contribution is 6.39. The van der Waals surface area contributed by atoms with Crippen LogP contribution >= 0.6 is 23.2 Å². The van der Waals surface area contributed by atoms with Gasteiger partial charge in [0.25, 0.3) is 5.91 Å². The lowest BCUT2D eigenvalue weighted by Gasteiger charge is -2.32. The first-order chi connectivity index (χ1) is 15.2. The van der Waals surface area contributed by atoms with Crippen LogP contribution in [0.2, 0.25) is 10.0 Å². The number of carboxylic acid groups (broad SMARTS) is 1. The van der Waals surface area contributed by atoms with Crippen molar-refractivity contribution in [1.29, 1.82) is 0 Å². The Morgan fingerprint density at radius 2 is 1.84 bits per heavy atom. The smallest absolute Gasteiger partial charge is 0.306 e. The summed E-state index contributed by atoms with van der Waals surface area (Å²) in [4.78, 5) is 26.4. The van der Waals surface area contributed by atoms with E-state index in [9.17, 15) is 14.7 Å². The van der Waals surface area contributed by atoms with Crippen molar-refractivity contribution in [2.24, 2.45) is 5.92 Å². The van der Waals surface area contributed by atoms with Crippen LogP contribution in [0.3, 0.4) is 0 Å². The Morgan fingerprint density at radius 1 is 1.16 bits per heavy atom. The van der Waals surface area contributed by atoms with Crippen LogP contribution in [-0.2, 0) is 22.5 Å². The Hall–Kier alpha value is -2.28. The second-order valence-corrected chi connectivity index (χ2v) is 8.79. The molecule has 6 nitrogen and oxygen atoms in total. The molecule has 1 N–H and O–H groups in total. The van der Waals surface area contributed by atoms with E-state index in [1.54, 1.807) is 31.1 Å². The maximum absolute atomic E-state index is 13.3. The van der Waals surface area contributed by atoms with Gasteiger partial charge in [-0.15, -0.1) is 0 Å². The fourth-order valence-electron chi connectivity index (χ4n) is 3.96. The van der Waals surface area contributed by atoms with E-state index in [1.165, 1.54) is 0 Å². The molecule has 2 aromatic rings. The molecule has 0 radical (unpaired) electrons. The predicted octanol–water partition coefficient (Wildman–Crippen LogP) is 5.04. The first-order valence-electron chi connectivity index (χ1n) is 10.5. The minimum atomic E-state index is -0.818. The highest BCUT2D eigenvalue weighted by Gasteiger charge is 2.29. The first kappa shape index (κ1) is 24.4. The van der Waals surface area contributed by atoms with Crippen LogP contribution in [0.1, 0.15) is 46.8 Å². The summed E-state index contributed by atoms with van der Waals surface area (Å²) in [6, 6.07) is 9.05. The van der Waals surface area contributed by atoms with Gasteiger partial charge in [0.05, 0.1) is 28.1 Å². The third kappa shape index (κ3) is 5.20. The molecule has 0 spiro atoms.